The highest BCUT2D eigenvalue weighted by Gasteiger charge is 2.04. The summed E-state index contributed by atoms with van der Waals surface area (Å²) >= 11 is 0. The maximum Gasteiger partial charge on any atom is 0.335 e. The molecule has 0 aliphatic carbocycles. The van der Waals surface area contributed by atoms with E-state index in [9.17, 15) is 4.79 Å². The first kappa shape index (κ1) is 13.1. The second kappa shape index (κ2) is 5.57. The first-order chi connectivity index (χ1) is 9.08. The summed E-state index contributed by atoms with van der Waals surface area (Å²) < 4.78 is 0. The molecule has 0 heterocycles. The molecule has 0 spiro atoms. The SMILES string of the molecule is Cc1cccc(C)c1NCc1cccc(C(=O)O)c1. The molecular formula is C16H17NO2. The minimum Gasteiger partial charge on any atom is -0.478 e. The van der Waals surface area contributed by atoms with Crippen LogP contribution < -0.4 is 5.32 Å². The Hall–Kier alpha value is -2.29. The summed E-state index contributed by atoms with van der Waals surface area (Å²) in [4.78, 5) is 10.9. The molecule has 0 radical (unpaired) electrons. The number of nitrogens with one attached hydrogen (secondary N) is 1. The Kier molecular flexibility index (Phi) is 3.85. The Balaban J connectivity index is 2.15. The number of hydrogen-bond donors (Lipinski definition) is 2. The number of aryl methyl sites for hydroxylation is 2. The normalized spacial score (nSPS) is 10.2. The van der Waals surface area contributed by atoms with Crippen molar-refractivity contribution in [2.75, 3.05) is 5.32 Å². The maximum absolute atomic E-state index is 10.9. The number of para-hydroxylation sites is 1. The van der Waals surface area contributed by atoms with Crippen LogP contribution in [-0.4, -0.2) is 11.1 Å². The van der Waals surface area contributed by atoms with Gasteiger partial charge in [-0.3, -0.25) is 0 Å². The zero-order valence-corrected chi connectivity index (χ0v) is 11.1. The first-order valence-electron chi connectivity index (χ1n) is 6.20. The van der Waals surface area contributed by atoms with Gasteiger partial charge in [-0.1, -0.05) is 30.3 Å². The quantitative estimate of drug-likeness (QED) is 0.877. The summed E-state index contributed by atoms with van der Waals surface area (Å²) in [5, 5.41) is 12.3. The standard InChI is InChI=1S/C16H17NO2/c1-11-5-3-6-12(2)15(11)17-10-13-7-4-8-14(9-13)16(18)19/h3-9,17H,10H2,1-2H3,(H,18,19). The number of anilines is 1. The second-order valence-corrected chi connectivity index (χ2v) is 4.63. The lowest BCUT2D eigenvalue weighted by atomic mass is 10.1. The van der Waals surface area contributed by atoms with Crippen LogP contribution in [0.3, 0.4) is 0 Å². The van der Waals surface area contributed by atoms with Crippen molar-refractivity contribution in [1.82, 2.24) is 0 Å². The molecule has 0 aliphatic heterocycles. The van der Waals surface area contributed by atoms with E-state index in [-0.39, 0.29) is 0 Å². The molecule has 0 saturated carbocycles. The molecular weight excluding hydrogens is 238 g/mol. The minimum absolute atomic E-state index is 0.320. The van der Waals surface area contributed by atoms with Gasteiger partial charge in [0.2, 0.25) is 0 Å². The van der Waals surface area contributed by atoms with Crippen molar-refractivity contribution < 1.29 is 9.90 Å². The van der Waals surface area contributed by atoms with E-state index in [0.717, 1.165) is 11.3 Å². The van der Waals surface area contributed by atoms with Crippen molar-refractivity contribution in [2.24, 2.45) is 0 Å². The fourth-order valence-electron chi connectivity index (χ4n) is 2.10. The van der Waals surface area contributed by atoms with Crippen LogP contribution in [0.25, 0.3) is 0 Å². The predicted molar refractivity (Wildman–Crippen MR) is 76.6 cm³/mol. The Labute approximate surface area is 112 Å². The third kappa shape index (κ3) is 3.13. The van der Waals surface area contributed by atoms with Gasteiger partial charge >= 0.3 is 5.97 Å². The average molecular weight is 255 g/mol. The molecule has 19 heavy (non-hydrogen) atoms. The van der Waals surface area contributed by atoms with Crippen LogP contribution in [0.4, 0.5) is 5.69 Å². The van der Waals surface area contributed by atoms with Crippen LogP contribution in [0.15, 0.2) is 42.5 Å². The molecule has 0 bridgehead atoms. The highest BCUT2D eigenvalue weighted by atomic mass is 16.4. The Bertz CT molecular complexity index is 585. The largest absolute Gasteiger partial charge is 0.478 e. The molecule has 3 heteroatoms. The van der Waals surface area contributed by atoms with Crippen molar-refractivity contribution in [3.8, 4) is 0 Å². The molecule has 3 nitrogen and oxygen atoms in total. The van der Waals surface area contributed by atoms with Gasteiger partial charge in [-0.25, -0.2) is 4.79 Å². The van der Waals surface area contributed by atoms with Gasteiger partial charge in [-0.2, -0.15) is 0 Å². The van der Waals surface area contributed by atoms with Gasteiger partial charge in [-0.15, -0.1) is 0 Å². The number of hydrogen-bond acceptors (Lipinski definition) is 2. The topological polar surface area (TPSA) is 49.3 Å². The molecule has 2 rings (SSSR count). The lowest BCUT2D eigenvalue weighted by Crippen LogP contribution is -2.04. The van der Waals surface area contributed by atoms with Crippen molar-refractivity contribution in [2.45, 2.75) is 20.4 Å². The maximum atomic E-state index is 10.9. The first-order valence-corrected chi connectivity index (χ1v) is 6.20. The number of carboxylic acids is 1. The van der Waals surface area contributed by atoms with E-state index in [4.69, 9.17) is 5.11 Å². The van der Waals surface area contributed by atoms with Gasteiger partial charge in [0.1, 0.15) is 0 Å². The summed E-state index contributed by atoms with van der Waals surface area (Å²) in [5.74, 6) is -0.895. The van der Waals surface area contributed by atoms with Crippen molar-refractivity contribution in [3.05, 3.63) is 64.7 Å². The van der Waals surface area contributed by atoms with Gasteiger partial charge in [-0.05, 0) is 42.7 Å². The molecule has 0 amide bonds. The van der Waals surface area contributed by atoms with Gasteiger partial charge in [0.25, 0.3) is 0 Å². The predicted octanol–water partition coefficient (Wildman–Crippen LogP) is 3.61. The summed E-state index contributed by atoms with van der Waals surface area (Å²) in [6.45, 7) is 4.73. The number of benzene rings is 2. The third-order valence-electron chi connectivity index (χ3n) is 3.12. The molecule has 0 saturated heterocycles. The van der Waals surface area contributed by atoms with E-state index in [2.05, 4.69) is 31.3 Å². The zero-order valence-electron chi connectivity index (χ0n) is 11.1. The molecule has 2 aromatic rings. The molecule has 0 fully saturated rings. The van der Waals surface area contributed by atoms with Gasteiger partial charge in [0.15, 0.2) is 0 Å². The number of carboxylic acid groups (broad SMARTS) is 1. The zero-order chi connectivity index (χ0) is 13.8. The number of aromatic carboxylic acids is 1. The van der Waals surface area contributed by atoms with Crippen molar-refractivity contribution in [1.29, 1.82) is 0 Å². The highest BCUT2D eigenvalue weighted by molar-refractivity contribution is 5.87. The van der Waals surface area contributed by atoms with E-state index in [0.29, 0.717) is 12.1 Å². The van der Waals surface area contributed by atoms with Gasteiger partial charge in [0, 0.05) is 12.2 Å². The molecule has 2 N–H and O–H groups in total. The second-order valence-electron chi connectivity index (χ2n) is 4.63. The Morgan fingerprint density at radius 1 is 1.11 bits per heavy atom. The Morgan fingerprint density at radius 3 is 2.37 bits per heavy atom. The molecule has 0 aromatic heterocycles. The number of rotatable bonds is 4. The van der Waals surface area contributed by atoms with Crippen molar-refractivity contribution >= 4 is 11.7 Å². The number of carbonyl (C=O) groups is 1. The lowest BCUT2D eigenvalue weighted by molar-refractivity contribution is 0.0697. The Morgan fingerprint density at radius 2 is 1.74 bits per heavy atom. The van der Waals surface area contributed by atoms with E-state index in [1.54, 1.807) is 18.2 Å². The van der Waals surface area contributed by atoms with Crippen LogP contribution >= 0.6 is 0 Å². The highest BCUT2D eigenvalue weighted by Crippen LogP contribution is 2.20. The summed E-state index contributed by atoms with van der Waals surface area (Å²) in [6, 6.07) is 13.1. The lowest BCUT2D eigenvalue weighted by Gasteiger charge is -2.12. The van der Waals surface area contributed by atoms with Crippen LogP contribution in [0.5, 0.6) is 0 Å². The van der Waals surface area contributed by atoms with Gasteiger partial charge in [0.05, 0.1) is 5.56 Å². The molecule has 2 aromatic carbocycles. The molecule has 98 valence electrons. The fraction of sp³-hybridized carbons (Fsp3) is 0.188. The minimum atomic E-state index is -0.895. The summed E-state index contributed by atoms with van der Waals surface area (Å²) in [5.41, 5.74) is 4.77. The van der Waals surface area contributed by atoms with E-state index < -0.39 is 5.97 Å². The summed E-state index contributed by atoms with van der Waals surface area (Å²) in [6.07, 6.45) is 0. The van der Waals surface area contributed by atoms with Crippen LogP contribution in [0, 0.1) is 13.8 Å². The summed E-state index contributed by atoms with van der Waals surface area (Å²) in [7, 11) is 0. The van der Waals surface area contributed by atoms with E-state index in [1.165, 1.54) is 11.1 Å². The van der Waals surface area contributed by atoms with Gasteiger partial charge < -0.3 is 10.4 Å². The van der Waals surface area contributed by atoms with Crippen LogP contribution in [-0.2, 0) is 6.54 Å². The van der Waals surface area contributed by atoms with E-state index >= 15 is 0 Å². The molecule has 0 atom stereocenters. The van der Waals surface area contributed by atoms with E-state index in [1.807, 2.05) is 12.1 Å². The van der Waals surface area contributed by atoms with Crippen molar-refractivity contribution in [3.63, 3.8) is 0 Å². The monoisotopic (exact) mass is 255 g/mol. The van der Waals surface area contributed by atoms with Crippen LogP contribution in [0.1, 0.15) is 27.0 Å². The molecule has 0 aliphatic rings. The molecule has 0 unspecified atom stereocenters. The fourth-order valence-corrected chi connectivity index (χ4v) is 2.10. The average Bonchev–Trinajstić information content (AvgIpc) is 2.38. The third-order valence-corrected chi connectivity index (χ3v) is 3.12. The smallest absolute Gasteiger partial charge is 0.335 e. The van der Waals surface area contributed by atoms with Crippen LogP contribution in [0.2, 0.25) is 0 Å².